The first kappa shape index (κ1) is 10.8. The van der Waals surface area contributed by atoms with Crippen molar-refractivity contribution in [3.8, 4) is 0 Å². The van der Waals surface area contributed by atoms with Gasteiger partial charge in [0.15, 0.2) is 0 Å². The minimum absolute atomic E-state index is 0.177. The second-order valence-corrected chi connectivity index (χ2v) is 4.89. The van der Waals surface area contributed by atoms with Crippen LogP contribution < -0.4 is 5.32 Å². The van der Waals surface area contributed by atoms with Crippen molar-refractivity contribution in [1.29, 1.82) is 0 Å². The van der Waals surface area contributed by atoms with E-state index in [2.05, 4.69) is 5.32 Å². The van der Waals surface area contributed by atoms with E-state index in [1.807, 2.05) is 12.1 Å². The van der Waals surface area contributed by atoms with Crippen LogP contribution in [0.2, 0.25) is 5.02 Å². The molecular weight excluding hydrogens is 260 g/mol. The molecule has 88 valence electrons. The monoisotopic (exact) mass is 268 g/mol. The smallest absolute Gasteiger partial charge is 0.410 e. The van der Waals surface area contributed by atoms with Crippen LogP contribution in [-0.4, -0.2) is 28.6 Å². The summed E-state index contributed by atoms with van der Waals surface area (Å²) in [6.45, 7) is 0.777. The Labute approximate surface area is 108 Å². The van der Waals surface area contributed by atoms with Crippen LogP contribution in [0.1, 0.15) is 5.56 Å². The van der Waals surface area contributed by atoms with Gasteiger partial charge in [-0.15, -0.1) is 0 Å². The molecule has 1 aromatic rings. The fourth-order valence-corrected chi connectivity index (χ4v) is 2.56. The van der Waals surface area contributed by atoms with Gasteiger partial charge in [-0.1, -0.05) is 23.8 Å². The molecule has 1 atom stereocenters. The first-order chi connectivity index (χ1) is 8.15. The number of nitrogens with one attached hydrogen (secondary N) is 1. The number of carbonyl (C=O) groups is 1. The van der Waals surface area contributed by atoms with E-state index in [4.69, 9.17) is 28.6 Å². The Morgan fingerprint density at radius 1 is 1.53 bits per heavy atom. The molecule has 1 amide bonds. The number of amides is 1. The molecule has 0 bridgehead atoms. The Bertz CT molecular complexity index is 520. The minimum Gasteiger partial charge on any atom is -0.447 e. The highest BCUT2D eigenvalue weighted by molar-refractivity contribution is 7.80. The molecule has 6 heteroatoms. The molecule has 0 radical (unpaired) electrons. The first-order valence-corrected chi connectivity index (χ1v) is 5.96. The van der Waals surface area contributed by atoms with Crippen LogP contribution in [0.3, 0.4) is 0 Å². The lowest BCUT2D eigenvalue weighted by molar-refractivity contribution is 0.157. The van der Waals surface area contributed by atoms with Gasteiger partial charge in [-0.2, -0.15) is 0 Å². The molecule has 2 aliphatic heterocycles. The highest BCUT2D eigenvalue weighted by atomic mass is 35.5. The maximum Gasteiger partial charge on any atom is 0.410 e. The topological polar surface area (TPSA) is 41.6 Å². The van der Waals surface area contributed by atoms with Crippen molar-refractivity contribution in [2.24, 2.45) is 0 Å². The molecule has 1 N–H and O–H groups in total. The molecule has 1 fully saturated rings. The largest absolute Gasteiger partial charge is 0.447 e. The third-order valence-electron chi connectivity index (χ3n) is 2.94. The van der Waals surface area contributed by atoms with Crippen molar-refractivity contribution in [3.05, 3.63) is 28.8 Å². The summed E-state index contributed by atoms with van der Waals surface area (Å²) in [4.78, 5) is 13.8. The van der Waals surface area contributed by atoms with E-state index in [1.165, 1.54) is 0 Å². The predicted octanol–water partition coefficient (Wildman–Crippen LogP) is 2.41. The van der Waals surface area contributed by atoms with Gasteiger partial charge in [-0.3, -0.25) is 4.90 Å². The van der Waals surface area contributed by atoms with Gasteiger partial charge < -0.3 is 10.1 Å². The summed E-state index contributed by atoms with van der Waals surface area (Å²) < 4.78 is 5.00. The summed E-state index contributed by atoms with van der Waals surface area (Å²) in [6.07, 6.45) is -0.327. The number of anilines is 1. The Morgan fingerprint density at radius 2 is 2.35 bits per heavy atom. The molecule has 1 saturated heterocycles. The van der Waals surface area contributed by atoms with E-state index in [9.17, 15) is 4.79 Å². The maximum atomic E-state index is 11.6. The van der Waals surface area contributed by atoms with Crippen molar-refractivity contribution in [2.45, 2.75) is 12.6 Å². The molecule has 4 nitrogen and oxygen atoms in total. The highest BCUT2D eigenvalue weighted by Crippen LogP contribution is 2.29. The molecule has 1 aromatic carbocycles. The Balaban J connectivity index is 2.05. The predicted molar refractivity (Wildman–Crippen MR) is 68.4 cm³/mol. The van der Waals surface area contributed by atoms with Gasteiger partial charge in [0.25, 0.3) is 0 Å². The summed E-state index contributed by atoms with van der Waals surface area (Å²) >= 11 is 11.2. The number of hydrogen-bond donors (Lipinski definition) is 1. The number of fused-ring (bicyclic) bond motifs is 2. The van der Waals surface area contributed by atoms with Crippen LogP contribution in [0.4, 0.5) is 10.5 Å². The fraction of sp³-hybridized carbons (Fsp3) is 0.273. The van der Waals surface area contributed by atoms with Gasteiger partial charge in [-0.05, 0) is 23.8 Å². The number of ether oxygens (including phenoxy) is 1. The summed E-state index contributed by atoms with van der Waals surface area (Å²) in [5, 5.41) is 3.78. The van der Waals surface area contributed by atoms with Crippen LogP contribution in [-0.2, 0) is 11.3 Å². The second-order valence-electron chi connectivity index (χ2n) is 4.01. The first-order valence-electron chi connectivity index (χ1n) is 5.18. The van der Waals surface area contributed by atoms with Gasteiger partial charge in [-0.25, -0.2) is 4.79 Å². The average molecular weight is 269 g/mol. The zero-order chi connectivity index (χ0) is 12.0. The number of carbonyl (C=O) groups excluding carboxylic acids is 1. The van der Waals surface area contributed by atoms with Gasteiger partial charge >= 0.3 is 6.09 Å². The Hall–Kier alpha value is -1.33. The fourth-order valence-electron chi connectivity index (χ4n) is 2.06. The van der Waals surface area contributed by atoms with E-state index >= 15 is 0 Å². The zero-order valence-corrected chi connectivity index (χ0v) is 10.3. The summed E-state index contributed by atoms with van der Waals surface area (Å²) in [7, 11) is 0. The Kier molecular flexibility index (Phi) is 2.45. The Morgan fingerprint density at radius 3 is 3.18 bits per heavy atom. The third kappa shape index (κ3) is 1.75. The van der Waals surface area contributed by atoms with Crippen molar-refractivity contribution in [1.82, 2.24) is 4.90 Å². The maximum absolute atomic E-state index is 11.6. The standard InChI is InChI=1S/C11H9ClN2O2S/c12-7-1-2-8-6(3-7)4-14-9(10(17)13-8)5-16-11(14)15/h1-3,9H,4-5H2,(H,13,17). The van der Waals surface area contributed by atoms with Gasteiger partial charge in [0.05, 0.1) is 6.54 Å². The summed E-state index contributed by atoms with van der Waals surface area (Å²) in [5.74, 6) is 0. The van der Waals surface area contributed by atoms with Crippen LogP contribution >= 0.6 is 23.8 Å². The zero-order valence-electron chi connectivity index (χ0n) is 8.77. The molecule has 0 spiro atoms. The van der Waals surface area contributed by atoms with Gasteiger partial charge in [0.1, 0.15) is 17.6 Å². The number of halogens is 1. The van der Waals surface area contributed by atoms with Crippen molar-refractivity contribution in [2.75, 3.05) is 11.9 Å². The molecular formula is C11H9ClN2O2S. The van der Waals surface area contributed by atoms with Crippen molar-refractivity contribution >= 4 is 40.6 Å². The van der Waals surface area contributed by atoms with Crippen LogP contribution in [0.25, 0.3) is 0 Å². The molecule has 17 heavy (non-hydrogen) atoms. The van der Waals surface area contributed by atoms with Crippen LogP contribution in [0, 0.1) is 0 Å². The molecule has 0 aromatic heterocycles. The average Bonchev–Trinajstić information content (AvgIpc) is 2.57. The van der Waals surface area contributed by atoms with Crippen LogP contribution in [0.15, 0.2) is 18.2 Å². The van der Waals surface area contributed by atoms with Crippen molar-refractivity contribution < 1.29 is 9.53 Å². The number of thiocarbonyl (C=S) groups is 1. The molecule has 0 saturated carbocycles. The molecule has 1 unspecified atom stereocenters. The normalized spacial score (nSPS) is 22.4. The highest BCUT2D eigenvalue weighted by Gasteiger charge is 2.38. The van der Waals surface area contributed by atoms with E-state index < -0.39 is 0 Å². The van der Waals surface area contributed by atoms with Crippen molar-refractivity contribution in [3.63, 3.8) is 0 Å². The molecule has 2 heterocycles. The van der Waals surface area contributed by atoms with E-state index in [1.54, 1.807) is 11.0 Å². The molecule has 2 aliphatic rings. The second kappa shape index (κ2) is 3.85. The van der Waals surface area contributed by atoms with Gasteiger partial charge in [0, 0.05) is 10.7 Å². The molecule has 3 rings (SSSR count). The summed E-state index contributed by atoms with van der Waals surface area (Å²) in [5.41, 5.74) is 1.85. The molecule has 0 aliphatic carbocycles. The van der Waals surface area contributed by atoms with E-state index in [0.29, 0.717) is 23.2 Å². The minimum atomic E-state index is -0.327. The van der Waals surface area contributed by atoms with E-state index in [0.717, 1.165) is 11.3 Å². The third-order valence-corrected chi connectivity index (χ3v) is 3.55. The number of rotatable bonds is 0. The number of benzene rings is 1. The van der Waals surface area contributed by atoms with Gasteiger partial charge in [0.2, 0.25) is 0 Å². The lowest BCUT2D eigenvalue weighted by atomic mass is 10.2. The lowest BCUT2D eigenvalue weighted by Gasteiger charge is -2.17. The quantitative estimate of drug-likeness (QED) is 0.734. The SMILES string of the molecule is O=C1OCC2C(=S)Nc3ccc(Cl)cc3CN12. The summed E-state index contributed by atoms with van der Waals surface area (Å²) in [6, 6.07) is 5.33. The number of hydrogen-bond acceptors (Lipinski definition) is 3. The lowest BCUT2D eigenvalue weighted by Crippen LogP contribution is -2.38. The van der Waals surface area contributed by atoms with E-state index in [-0.39, 0.29) is 12.1 Å². The number of cyclic esters (lactones) is 1. The van der Waals surface area contributed by atoms with Crippen LogP contribution in [0.5, 0.6) is 0 Å². The number of nitrogens with zero attached hydrogens (tertiary/aromatic N) is 1.